The summed E-state index contributed by atoms with van der Waals surface area (Å²) in [5.41, 5.74) is 3.87. The molecule has 3 aromatic rings. The maximum atomic E-state index is 12.9. The van der Waals surface area contributed by atoms with Crippen molar-refractivity contribution in [1.29, 1.82) is 0 Å². The fraction of sp³-hybridized carbons (Fsp3) is 0.280. The molecule has 1 N–H and O–H groups in total. The average Bonchev–Trinajstić information content (AvgIpc) is 3.32. The molecular formula is C25H23ClF3N3O2. The van der Waals surface area contributed by atoms with Gasteiger partial charge >= 0.3 is 12.3 Å². The van der Waals surface area contributed by atoms with Gasteiger partial charge in [-0.3, -0.25) is 5.32 Å². The molecule has 5 nitrogen and oxygen atoms in total. The monoisotopic (exact) mass is 489 g/mol. The van der Waals surface area contributed by atoms with E-state index in [1.807, 2.05) is 49.7 Å². The molecule has 1 aliphatic carbocycles. The van der Waals surface area contributed by atoms with Gasteiger partial charge in [-0.05, 0) is 69.2 Å². The first-order valence-electron chi connectivity index (χ1n) is 10.7. The highest BCUT2D eigenvalue weighted by atomic mass is 35.5. The van der Waals surface area contributed by atoms with Gasteiger partial charge in [0.2, 0.25) is 0 Å². The van der Waals surface area contributed by atoms with Crippen LogP contribution in [0.15, 0.2) is 54.6 Å². The number of anilines is 1. The molecule has 1 heterocycles. The smallest absolute Gasteiger partial charge is 0.416 e. The summed E-state index contributed by atoms with van der Waals surface area (Å²) in [6, 6.07) is 10.2. The average molecular weight is 490 g/mol. The molecule has 0 saturated carbocycles. The van der Waals surface area contributed by atoms with E-state index in [0.29, 0.717) is 11.4 Å². The Morgan fingerprint density at radius 3 is 2.62 bits per heavy atom. The van der Waals surface area contributed by atoms with Crippen molar-refractivity contribution in [3.05, 3.63) is 87.7 Å². The van der Waals surface area contributed by atoms with Crippen molar-refractivity contribution >= 4 is 23.4 Å². The largest absolute Gasteiger partial charge is 0.442 e. The van der Waals surface area contributed by atoms with Crippen LogP contribution in [0.4, 0.5) is 23.7 Å². The van der Waals surface area contributed by atoms with Gasteiger partial charge in [0.05, 0.1) is 16.9 Å². The molecule has 1 aromatic heterocycles. The zero-order chi connectivity index (χ0) is 24.6. The zero-order valence-electron chi connectivity index (χ0n) is 18.8. The van der Waals surface area contributed by atoms with E-state index in [1.54, 1.807) is 6.08 Å². The van der Waals surface area contributed by atoms with Crippen LogP contribution in [0.5, 0.6) is 0 Å². The van der Waals surface area contributed by atoms with Crippen LogP contribution in [0, 0.1) is 20.8 Å². The van der Waals surface area contributed by atoms with Crippen molar-refractivity contribution < 1.29 is 22.7 Å². The minimum absolute atomic E-state index is 0.0129. The first-order chi connectivity index (χ1) is 16.0. The summed E-state index contributed by atoms with van der Waals surface area (Å²) in [7, 11) is 0. The number of hydrogen-bond acceptors (Lipinski definition) is 3. The summed E-state index contributed by atoms with van der Waals surface area (Å²) in [4.78, 5) is 12.3. The number of aryl methyl sites for hydroxylation is 2. The number of rotatable bonds is 4. The molecule has 0 spiro atoms. The number of aromatic nitrogens is 2. The van der Waals surface area contributed by atoms with Crippen LogP contribution in [-0.2, 0) is 10.9 Å². The number of allylic oxidation sites excluding steroid dienone is 1. The molecule has 1 aliphatic rings. The van der Waals surface area contributed by atoms with Gasteiger partial charge in [-0.15, -0.1) is 0 Å². The lowest BCUT2D eigenvalue weighted by molar-refractivity contribution is -0.137. The Morgan fingerprint density at radius 1 is 1.15 bits per heavy atom. The number of halogens is 4. The molecule has 9 heteroatoms. The van der Waals surface area contributed by atoms with Crippen LogP contribution in [0.25, 0.3) is 5.69 Å². The number of carbonyl (C=O) groups is 1. The van der Waals surface area contributed by atoms with Gasteiger partial charge in [0.15, 0.2) is 0 Å². The minimum atomic E-state index is -4.49. The van der Waals surface area contributed by atoms with Crippen molar-refractivity contribution in [3.63, 3.8) is 0 Å². The molecule has 178 valence electrons. The Labute approximate surface area is 200 Å². The van der Waals surface area contributed by atoms with Gasteiger partial charge in [0, 0.05) is 27.9 Å². The molecule has 1 amide bonds. The Balaban J connectivity index is 1.43. The van der Waals surface area contributed by atoms with Crippen LogP contribution in [0.2, 0.25) is 5.02 Å². The second kappa shape index (κ2) is 9.18. The van der Waals surface area contributed by atoms with E-state index in [1.165, 1.54) is 12.1 Å². The second-order valence-electron chi connectivity index (χ2n) is 8.30. The highest BCUT2D eigenvalue weighted by molar-refractivity contribution is 6.31. The fourth-order valence-electron chi connectivity index (χ4n) is 4.18. The van der Waals surface area contributed by atoms with Crippen LogP contribution >= 0.6 is 11.6 Å². The Kier molecular flexibility index (Phi) is 6.45. The molecule has 4 rings (SSSR count). The van der Waals surface area contributed by atoms with E-state index >= 15 is 0 Å². The lowest BCUT2D eigenvalue weighted by atomic mass is 9.96. The topological polar surface area (TPSA) is 56.2 Å². The lowest BCUT2D eigenvalue weighted by Gasteiger charge is -2.15. The van der Waals surface area contributed by atoms with E-state index in [0.717, 1.165) is 40.3 Å². The third kappa shape index (κ3) is 4.97. The fourth-order valence-corrected chi connectivity index (χ4v) is 4.36. The van der Waals surface area contributed by atoms with Crippen LogP contribution < -0.4 is 5.32 Å². The molecule has 34 heavy (non-hydrogen) atoms. The maximum absolute atomic E-state index is 12.9. The quantitative estimate of drug-likeness (QED) is 0.396. The Hall–Kier alpha value is -3.26. The van der Waals surface area contributed by atoms with E-state index in [-0.39, 0.29) is 11.6 Å². The molecule has 0 aliphatic heterocycles. The standard InChI is InChI=1S/C25H23ClF3N3O2/c1-14-7-9-20(13-22(14)26)32-16(3)23(15(2)31-32)17-8-10-21(11-17)34-24(33)30-19-6-4-5-18(12-19)25(27,28)29/h4-10,12-13,17,21H,11H2,1-3H3,(H,30,33)/t17-,21+/m0/s1. The highest BCUT2D eigenvalue weighted by Crippen LogP contribution is 2.35. The van der Waals surface area contributed by atoms with Crippen molar-refractivity contribution in [2.75, 3.05) is 5.32 Å². The Morgan fingerprint density at radius 2 is 1.91 bits per heavy atom. The normalized spacial score (nSPS) is 17.7. The van der Waals surface area contributed by atoms with Gasteiger partial charge in [-0.1, -0.05) is 29.8 Å². The molecule has 2 aromatic carbocycles. The first kappa shape index (κ1) is 23.9. The molecular weight excluding hydrogens is 467 g/mol. The molecule has 0 saturated heterocycles. The van der Waals surface area contributed by atoms with Crippen LogP contribution in [0.3, 0.4) is 0 Å². The summed E-state index contributed by atoms with van der Waals surface area (Å²) >= 11 is 6.28. The van der Waals surface area contributed by atoms with Crippen molar-refractivity contribution in [2.45, 2.75) is 45.4 Å². The minimum Gasteiger partial charge on any atom is -0.442 e. The number of nitrogens with one attached hydrogen (secondary N) is 1. The van der Waals surface area contributed by atoms with E-state index in [4.69, 9.17) is 16.3 Å². The predicted octanol–water partition coefficient (Wildman–Crippen LogP) is 7.13. The third-order valence-corrected chi connectivity index (χ3v) is 6.26. The van der Waals surface area contributed by atoms with Crippen molar-refractivity contribution in [1.82, 2.24) is 9.78 Å². The lowest BCUT2D eigenvalue weighted by Crippen LogP contribution is -2.20. The summed E-state index contributed by atoms with van der Waals surface area (Å²) in [5, 5.41) is 7.71. The molecule has 0 unspecified atom stereocenters. The molecule has 0 fully saturated rings. The zero-order valence-corrected chi connectivity index (χ0v) is 19.5. The van der Waals surface area contributed by atoms with Gasteiger partial charge in [-0.2, -0.15) is 18.3 Å². The molecule has 0 radical (unpaired) electrons. The number of alkyl halides is 3. The van der Waals surface area contributed by atoms with Gasteiger partial charge < -0.3 is 4.74 Å². The molecule has 2 atom stereocenters. The SMILES string of the molecule is Cc1ccc(-n2nc(C)c([C@H]3C=C[C@@H](OC(=O)Nc4cccc(C(F)(F)F)c4)C3)c2C)cc1Cl. The van der Waals surface area contributed by atoms with Crippen LogP contribution in [-0.4, -0.2) is 22.0 Å². The number of amides is 1. The predicted molar refractivity (Wildman–Crippen MR) is 125 cm³/mol. The first-order valence-corrected chi connectivity index (χ1v) is 11.1. The van der Waals surface area contributed by atoms with Gasteiger partial charge in [-0.25, -0.2) is 9.48 Å². The number of benzene rings is 2. The van der Waals surface area contributed by atoms with E-state index < -0.39 is 23.9 Å². The second-order valence-corrected chi connectivity index (χ2v) is 8.71. The summed E-state index contributed by atoms with van der Waals surface area (Å²) < 4.78 is 45.9. The number of carbonyl (C=O) groups excluding carboxylic acids is 1. The Bertz CT molecular complexity index is 1270. The number of ether oxygens (including phenoxy) is 1. The summed E-state index contributed by atoms with van der Waals surface area (Å²) in [6.45, 7) is 5.84. The van der Waals surface area contributed by atoms with Crippen LogP contribution in [0.1, 0.15) is 40.4 Å². The van der Waals surface area contributed by atoms with Crippen molar-refractivity contribution in [3.8, 4) is 5.69 Å². The van der Waals surface area contributed by atoms with E-state index in [2.05, 4.69) is 10.4 Å². The summed E-state index contributed by atoms with van der Waals surface area (Å²) in [6.07, 6.45) is -1.55. The maximum Gasteiger partial charge on any atom is 0.416 e. The van der Waals surface area contributed by atoms with E-state index in [9.17, 15) is 18.0 Å². The summed E-state index contributed by atoms with van der Waals surface area (Å²) in [5.74, 6) is -0.0129. The van der Waals surface area contributed by atoms with Gasteiger partial charge in [0.25, 0.3) is 0 Å². The number of nitrogens with zero attached hydrogens (tertiary/aromatic N) is 2. The number of hydrogen-bond donors (Lipinski definition) is 1. The van der Waals surface area contributed by atoms with Gasteiger partial charge in [0.1, 0.15) is 6.10 Å². The van der Waals surface area contributed by atoms with Crippen molar-refractivity contribution in [2.24, 2.45) is 0 Å². The third-order valence-electron chi connectivity index (χ3n) is 5.86. The molecule has 0 bridgehead atoms. The highest BCUT2D eigenvalue weighted by Gasteiger charge is 2.31.